The first kappa shape index (κ1) is 16.8. The Hall–Kier alpha value is -0.250. The highest BCUT2D eigenvalue weighted by atomic mass is 19.4. The van der Waals surface area contributed by atoms with E-state index in [1.165, 1.54) is 25.7 Å². The van der Waals surface area contributed by atoms with E-state index in [0.29, 0.717) is 24.3 Å². The Bertz CT molecular complexity index is 250. The maximum Gasteiger partial charge on any atom is 0.389 e. The van der Waals surface area contributed by atoms with Gasteiger partial charge in [0.25, 0.3) is 0 Å². The molecule has 3 unspecified atom stereocenters. The van der Waals surface area contributed by atoms with Gasteiger partial charge in [0.15, 0.2) is 0 Å². The Kier molecular flexibility index (Phi) is 6.64. The van der Waals surface area contributed by atoms with E-state index in [1.54, 1.807) is 0 Å². The van der Waals surface area contributed by atoms with Crippen LogP contribution < -0.4 is 5.32 Å². The minimum atomic E-state index is -4.01. The first-order chi connectivity index (χ1) is 8.79. The van der Waals surface area contributed by atoms with Crippen LogP contribution in [0.5, 0.6) is 0 Å². The van der Waals surface area contributed by atoms with E-state index in [2.05, 4.69) is 19.2 Å². The van der Waals surface area contributed by atoms with Gasteiger partial charge in [0, 0.05) is 18.5 Å². The van der Waals surface area contributed by atoms with E-state index in [-0.39, 0.29) is 12.5 Å². The molecule has 0 radical (unpaired) electrons. The van der Waals surface area contributed by atoms with Gasteiger partial charge in [-0.15, -0.1) is 0 Å². The van der Waals surface area contributed by atoms with Crippen molar-refractivity contribution in [1.29, 1.82) is 0 Å². The summed E-state index contributed by atoms with van der Waals surface area (Å²) < 4.78 is 36.3. The third-order valence-corrected chi connectivity index (χ3v) is 4.27. The van der Waals surface area contributed by atoms with Crippen molar-refractivity contribution < 1.29 is 13.2 Å². The molecule has 1 N–H and O–H groups in total. The van der Waals surface area contributed by atoms with E-state index in [1.807, 2.05) is 6.92 Å². The maximum atomic E-state index is 12.1. The molecular formula is C15H28F3N. The second-order valence-electron chi connectivity index (χ2n) is 6.37. The first-order valence-corrected chi connectivity index (χ1v) is 7.62. The molecule has 4 heteroatoms. The lowest BCUT2D eigenvalue weighted by Crippen LogP contribution is -2.45. The van der Waals surface area contributed by atoms with Gasteiger partial charge in [0.2, 0.25) is 0 Å². The zero-order valence-corrected chi connectivity index (χ0v) is 12.4. The largest absolute Gasteiger partial charge is 0.389 e. The molecule has 0 saturated heterocycles. The molecule has 1 saturated carbocycles. The van der Waals surface area contributed by atoms with Crippen LogP contribution in [0.1, 0.15) is 65.7 Å². The molecule has 1 aliphatic rings. The molecule has 0 spiro atoms. The molecule has 1 rings (SSSR count). The van der Waals surface area contributed by atoms with Crippen molar-refractivity contribution in [2.45, 2.75) is 84.0 Å². The van der Waals surface area contributed by atoms with Crippen molar-refractivity contribution in [2.24, 2.45) is 11.8 Å². The highest BCUT2D eigenvalue weighted by Crippen LogP contribution is 2.31. The van der Waals surface area contributed by atoms with E-state index in [4.69, 9.17) is 0 Å². The second kappa shape index (κ2) is 7.51. The molecule has 0 aromatic heterocycles. The predicted octanol–water partition coefficient (Wildman–Crippen LogP) is 4.91. The number of hydrogen-bond donors (Lipinski definition) is 1. The minimum absolute atomic E-state index is 0.187. The summed E-state index contributed by atoms with van der Waals surface area (Å²) >= 11 is 0. The Morgan fingerprint density at radius 1 is 1.11 bits per heavy atom. The quantitative estimate of drug-likeness (QED) is 0.728. The van der Waals surface area contributed by atoms with Crippen LogP contribution >= 0.6 is 0 Å². The van der Waals surface area contributed by atoms with Crippen molar-refractivity contribution in [2.75, 3.05) is 0 Å². The van der Waals surface area contributed by atoms with Gasteiger partial charge in [0.1, 0.15) is 0 Å². The molecule has 1 nitrogen and oxygen atoms in total. The van der Waals surface area contributed by atoms with Crippen molar-refractivity contribution >= 4 is 0 Å². The van der Waals surface area contributed by atoms with Crippen molar-refractivity contribution in [3.8, 4) is 0 Å². The van der Waals surface area contributed by atoms with Crippen LogP contribution in [0, 0.1) is 11.8 Å². The van der Waals surface area contributed by atoms with Gasteiger partial charge in [0.05, 0.1) is 0 Å². The summed E-state index contributed by atoms with van der Waals surface area (Å²) in [6.07, 6.45) is 1.15. The topological polar surface area (TPSA) is 12.0 Å². The fraction of sp³-hybridized carbons (Fsp3) is 1.00. The first-order valence-electron chi connectivity index (χ1n) is 7.62. The summed E-state index contributed by atoms with van der Waals surface area (Å²) in [6.45, 7) is 6.51. The SMILES string of the molecule is CC(CCCC(F)(F)F)NC1CCCCC1C(C)C. The number of rotatable bonds is 6. The Labute approximate surface area is 115 Å². The minimum Gasteiger partial charge on any atom is -0.311 e. The Balaban J connectivity index is 2.31. The van der Waals surface area contributed by atoms with Crippen molar-refractivity contribution in [3.05, 3.63) is 0 Å². The maximum absolute atomic E-state index is 12.1. The molecule has 0 aliphatic heterocycles. The van der Waals surface area contributed by atoms with E-state index in [0.717, 1.165) is 0 Å². The third-order valence-electron chi connectivity index (χ3n) is 4.27. The average Bonchev–Trinajstić information content (AvgIpc) is 2.27. The molecule has 0 amide bonds. The van der Waals surface area contributed by atoms with Crippen LogP contribution in [0.2, 0.25) is 0 Å². The van der Waals surface area contributed by atoms with Gasteiger partial charge >= 0.3 is 6.18 Å². The molecule has 1 aliphatic carbocycles. The van der Waals surface area contributed by atoms with Gasteiger partial charge in [-0.2, -0.15) is 13.2 Å². The summed E-state index contributed by atoms with van der Waals surface area (Å²) in [6, 6.07) is 0.682. The molecular weight excluding hydrogens is 251 g/mol. The van der Waals surface area contributed by atoms with Gasteiger partial charge in [-0.1, -0.05) is 26.7 Å². The normalized spacial score (nSPS) is 26.7. The fourth-order valence-electron chi connectivity index (χ4n) is 3.22. The molecule has 0 heterocycles. The smallest absolute Gasteiger partial charge is 0.311 e. The lowest BCUT2D eigenvalue weighted by molar-refractivity contribution is -0.135. The lowest BCUT2D eigenvalue weighted by Gasteiger charge is -2.37. The standard InChI is InChI=1S/C15H28F3N/c1-11(2)13-8-4-5-9-14(13)19-12(3)7-6-10-15(16,17)18/h11-14,19H,4-10H2,1-3H3. The van der Waals surface area contributed by atoms with Crippen LogP contribution in [-0.4, -0.2) is 18.3 Å². The fourth-order valence-corrected chi connectivity index (χ4v) is 3.22. The molecule has 3 atom stereocenters. The zero-order chi connectivity index (χ0) is 14.5. The molecule has 0 aromatic carbocycles. The summed E-state index contributed by atoms with van der Waals surface area (Å²) in [5.74, 6) is 1.33. The second-order valence-corrected chi connectivity index (χ2v) is 6.37. The summed E-state index contributed by atoms with van der Waals surface area (Å²) in [5, 5.41) is 3.57. The highest BCUT2D eigenvalue weighted by Gasteiger charge is 2.29. The highest BCUT2D eigenvalue weighted by molar-refractivity contribution is 4.84. The average molecular weight is 279 g/mol. The van der Waals surface area contributed by atoms with Crippen molar-refractivity contribution in [1.82, 2.24) is 5.32 Å². The van der Waals surface area contributed by atoms with Crippen molar-refractivity contribution in [3.63, 3.8) is 0 Å². The summed E-state index contributed by atoms with van der Waals surface area (Å²) in [7, 11) is 0. The molecule has 1 fully saturated rings. The van der Waals surface area contributed by atoms with E-state index in [9.17, 15) is 13.2 Å². The zero-order valence-electron chi connectivity index (χ0n) is 12.4. The van der Waals surface area contributed by atoms with Gasteiger partial charge in [-0.25, -0.2) is 0 Å². The Morgan fingerprint density at radius 2 is 1.74 bits per heavy atom. The van der Waals surface area contributed by atoms with Gasteiger partial charge in [-0.05, 0) is 44.4 Å². The monoisotopic (exact) mass is 279 g/mol. The third kappa shape index (κ3) is 6.64. The lowest BCUT2D eigenvalue weighted by atomic mass is 9.77. The van der Waals surface area contributed by atoms with Crippen LogP contribution in [-0.2, 0) is 0 Å². The predicted molar refractivity (Wildman–Crippen MR) is 73.1 cm³/mol. The Morgan fingerprint density at radius 3 is 2.32 bits per heavy atom. The number of halogens is 3. The van der Waals surface area contributed by atoms with Crippen LogP contribution in [0.4, 0.5) is 13.2 Å². The van der Waals surface area contributed by atoms with Crippen LogP contribution in [0.15, 0.2) is 0 Å². The van der Waals surface area contributed by atoms with Gasteiger partial charge in [-0.3, -0.25) is 0 Å². The van der Waals surface area contributed by atoms with Crippen LogP contribution in [0.25, 0.3) is 0 Å². The van der Waals surface area contributed by atoms with E-state index < -0.39 is 12.6 Å². The molecule has 0 aromatic rings. The summed E-state index contributed by atoms with van der Waals surface area (Å²) in [4.78, 5) is 0. The van der Waals surface area contributed by atoms with E-state index >= 15 is 0 Å². The number of alkyl halides is 3. The molecule has 0 bridgehead atoms. The van der Waals surface area contributed by atoms with Gasteiger partial charge < -0.3 is 5.32 Å². The number of hydrogen-bond acceptors (Lipinski definition) is 1. The number of nitrogens with one attached hydrogen (secondary N) is 1. The summed E-state index contributed by atoms with van der Waals surface area (Å²) in [5.41, 5.74) is 0. The molecule has 114 valence electrons. The van der Waals surface area contributed by atoms with Crippen LogP contribution in [0.3, 0.4) is 0 Å². The molecule has 19 heavy (non-hydrogen) atoms.